The number of halogens is 2. The number of aryl methyl sites for hydroxylation is 1. The standard InChI is InChI=1S/C8H8BrClN2O2/c1-3-14-8(13)6-5(9)7(10)12-4(2)11-6/h3H2,1-2H3. The average molecular weight is 280 g/mol. The molecule has 0 saturated heterocycles. The second-order valence-electron chi connectivity index (χ2n) is 2.44. The van der Waals surface area contributed by atoms with Crippen LogP contribution in [-0.4, -0.2) is 22.5 Å². The maximum absolute atomic E-state index is 11.4. The zero-order valence-electron chi connectivity index (χ0n) is 7.67. The first-order valence-electron chi connectivity index (χ1n) is 3.93. The lowest BCUT2D eigenvalue weighted by atomic mass is 10.4. The van der Waals surface area contributed by atoms with E-state index in [2.05, 4.69) is 25.9 Å². The van der Waals surface area contributed by atoms with Crippen molar-refractivity contribution in [3.05, 3.63) is 21.1 Å². The van der Waals surface area contributed by atoms with Crippen LogP contribution in [0.4, 0.5) is 0 Å². The molecule has 0 fully saturated rings. The minimum atomic E-state index is -0.508. The molecular formula is C8H8BrClN2O2. The third-order valence-electron chi connectivity index (χ3n) is 1.39. The molecule has 0 radical (unpaired) electrons. The molecule has 0 unspecified atom stereocenters. The average Bonchev–Trinajstić information content (AvgIpc) is 2.11. The van der Waals surface area contributed by atoms with Crippen molar-refractivity contribution in [1.82, 2.24) is 9.97 Å². The van der Waals surface area contributed by atoms with Crippen molar-refractivity contribution in [3.8, 4) is 0 Å². The number of carbonyl (C=O) groups excluding carboxylic acids is 1. The summed E-state index contributed by atoms with van der Waals surface area (Å²) >= 11 is 8.88. The van der Waals surface area contributed by atoms with E-state index in [0.717, 1.165) is 0 Å². The molecule has 0 atom stereocenters. The van der Waals surface area contributed by atoms with Crippen molar-refractivity contribution in [2.45, 2.75) is 13.8 Å². The van der Waals surface area contributed by atoms with Gasteiger partial charge in [0.2, 0.25) is 0 Å². The molecule has 1 aromatic rings. The Kier molecular flexibility index (Phi) is 3.83. The molecule has 76 valence electrons. The number of carbonyl (C=O) groups is 1. The molecule has 0 bridgehead atoms. The van der Waals surface area contributed by atoms with Gasteiger partial charge < -0.3 is 4.74 Å². The molecule has 0 spiro atoms. The number of rotatable bonds is 2. The fourth-order valence-corrected chi connectivity index (χ4v) is 1.41. The second kappa shape index (κ2) is 4.70. The summed E-state index contributed by atoms with van der Waals surface area (Å²) in [4.78, 5) is 19.2. The van der Waals surface area contributed by atoms with Crippen LogP contribution < -0.4 is 0 Å². The predicted octanol–water partition coefficient (Wildman–Crippen LogP) is 2.38. The molecule has 0 aromatic carbocycles. The summed E-state index contributed by atoms with van der Waals surface area (Å²) in [5, 5.41) is 0.209. The maximum Gasteiger partial charge on any atom is 0.358 e. The van der Waals surface area contributed by atoms with E-state index >= 15 is 0 Å². The van der Waals surface area contributed by atoms with Gasteiger partial charge >= 0.3 is 5.97 Å². The molecule has 0 aliphatic carbocycles. The Labute approximate surface area is 94.8 Å². The topological polar surface area (TPSA) is 52.1 Å². The number of esters is 1. The molecule has 6 heteroatoms. The Morgan fingerprint density at radius 3 is 2.79 bits per heavy atom. The highest BCUT2D eigenvalue weighted by molar-refractivity contribution is 9.10. The molecule has 14 heavy (non-hydrogen) atoms. The Morgan fingerprint density at radius 1 is 1.57 bits per heavy atom. The van der Waals surface area contributed by atoms with Crippen LogP contribution in [0.15, 0.2) is 4.47 Å². The van der Waals surface area contributed by atoms with Crippen molar-refractivity contribution in [3.63, 3.8) is 0 Å². The highest BCUT2D eigenvalue weighted by Crippen LogP contribution is 2.23. The van der Waals surface area contributed by atoms with Crippen molar-refractivity contribution in [2.24, 2.45) is 0 Å². The van der Waals surface area contributed by atoms with Crippen LogP contribution in [0, 0.1) is 6.92 Å². The summed E-state index contributed by atoms with van der Waals surface area (Å²) in [6.07, 6.45) is 0. The van der Waals surface area contributed by atoms with E-state index < -0.39 is 5.97 Å². The summed E-state index contributed by atoms with van der Waals surface area (Å²) in [6, 6.07) is 0. The van der Waals surface area contributed by atoms with Gasteiger partial charge in [-0.3, -0.25) is 0 Å². The van der Waals surface area contributed by atoms with E-state index in [1.165, 1.54) is 0 Å². The Hall–Kier alpha value is -0.680. The zero-order valence-corrected chi connectivity index (χ0v) is 10.0. The van der Waals surface area contributed by atoms with Crippen LogP contribution in [0.2, 0.25) is 5.15 Å². The number of nitrogens with zero attached hydrogens (tertiary/aromatic N) is 2. The lowest BCUT2D eigenvalue weighted by molar-refractivity contribution is 0.0517. The third kappa shape index (κ3) is 2.42. The largest absolute Gasteiger partial charge is 0.461 e. The van der Waals surface area contributed by atoms with Gasteiger partial charge in [-0.1, -0.05) is 11.6 Å². The zero-order chi connectivity index (χ0) is 10.7. The van der Waals surface area contributed by atoms with E-state index in [9.17, 15) is 4.79 Å². The first-order valence-corrected chi connectivity index (χ1v) is 5.10. The van der Waals surface area contributed by atoms with Gasteiger partial charge in [0, 0.05) is 0 Å². The molecule has 1 heterocycles. The van der Waals surface area contributed by atoms with Crippen LogP contribution in [0.25, 0.3) is 0 Å². The minimum absolute atomic E-state index is 0.157. The van der Waals surface area contributed by atoms with Crippen molar-refractivity contribution in [1.29, 1.82) is 0 Å². The van der Waals surface area contributed by atoms with Gasteiger partial charge in [0.15, 0.2) is 5.69 Å². The first-order chi connectivity index (χ1) is 6.56. The summed E-state index contributed by atoms with van der Waals surface area (Å²) in [5.41, 5.74) is 0.157. The molecule has 0 amide bonds. The van der Waals surface area contributed by atoms with Gasteiger partial charge in [-0.25, -0.2) is 14.8 Å². The van der Waals surface area contributed by atoms with Crippen molar-refractivity contribution < 1.29 is 9.53 Å². The van der Waals surface area contributed by atoms with Gasteiger partial charge in [0.25, 0.3) is 0 Å². The van der Waals surface area contributed by atoms with Crippen LogP contribution in [0.3, 0.4) is 0 Å². The fraction of sp³-hybridized carbons (Fsp3) is 0.375. The lowest BCUT2D eigenvalue weighted by Gasteiger charge is -2.04. The smallest absolute Gasteiger partial charge is 0.358 e. The molecule has 0 saturated carbocycles. The molecule has 0 N–H and O–H groups in total. The highest BCUT2D eigenvalue weighted by Gasteiger charge is 2.17. The fourth-order valence-electron chi connectivity index (χ4n) is 0.859. The van der Waals surface area contributed by atoms with E-state index in [-0.39, 0.29) is 10.8 Å². The minimum Gasteiger partial charge on any atom is -0.461 e. The van der Waals surface area contributed by atoms with E-state index in [1.807, 2.05) is 0 Å². The van der Waals surface area contributed by atoms with Gasteiger partial charge in [0.05, 0.1) is 11.1 Å². The summed E-state index contributed by atoms with van der Waals surface area (Å²) < 4.78 is 5.16. The molecule has 1 rings (SSSR count). The third-order valence-corrected chi connectivity index (χ3v) is 2.64. The Bertz CT molecular complexity index is 371. The second-order valence-corrected chi connectivity index (χ2v) is 3.60. The van der Waals surface area contributed by atoms with Crippen LogP contribution in [0.1, 0.15) is 23.2 Å². The highest BCUT2D eigenvalue weighted by atomic mass is 79.9. The molecule has 4 nitrogen and oxygen atoms in total. The van der Waals surface area contributed by atoms with Crippen LogP contribution in [0.5, 0.6) is 0 Å². The summed E-state index contributed by atoms with van der Waals surface area (Å²) in [6.45, 7) is 3.68. The lowest BCUT2D eigenvalue weighted by Crippen LogP contribution is -2.10. The Balaban J connectivity index is 3.13. The number of ether oxygens (including phenoxy) is 1. The molecule has 0 aliphatic rings. The van der Waals surface area contributed by atoms with Crippen LogP contribution >= 0.6 is 27.5 Å². The molecule has 1 aromatic heterocycles. The quantitative estimate of drug-likeness (QED) is 0.616. The normalized spacial score (nSPS) is 10.0. The summed E-state index contributed by atoms with van der Waals surface area (Å²) in [5.74, 6) is -0.0759. The van der Waals surface area contributed by atoms with E-state index in [1.54, 1.807) is 13.8 Å². The summed E-state index contributed by atoms with van der Waals surface area (Å²) in [7, 11) is 0. The number of hydrogen-bond donors (Lipinski definition) is 0. The SMILES string of the molecule is CCOC(=O)c1nc(C)nc(Cl)c1Br. The maximum atomic E-state index is 11.4. The van der Waals surface area contributed by atoms with Gasteiger partial charge in [-0.15, -0.1) is 0 Å². The monoisotopic (exact) mass is 278 g/mol. The van der Waals surface area contributed by atoms with Crippen molar-refractivity contribution >= 4 is 33.5 Å². The van der Waals surface area contributed by atoms with Gasteiger partial charge in [-0.05, 0) is 29.8 Å². The van der Waals surface area contributed by atoms with Gasteiger partial charge in [0.1, 0.15) is 11.0 Å². The molecule has 0 aliphatic heterocycles. The number of hydrogen-bond acceptors (Lipinski definition) is 4. The molecular weight excluding hydrogens is 271 g/mol. The Morgan fingerprint density at radius 2 is 2.21 bits per heavy atom. The van der Waals surface area contributed by atoms with E-state index in [4.69, 9.17) is 16.3 Å². The van der Waals surface area contributed by atoms with E-state index in [0.29, 0.717) is 16.9 Å². The number of aromatic nitrogens is 2. The van der Waals surface area contributed by atoms with Gasteiger partial charge in [-0.2, -0.15) is 0 Å². The van der Waals surface area contributed by atoms with Crippen LogP contribution in [-0.2, 0) is 4.74 Å². The van der Waals surface area contributed by atoms with Crippen molar-refractivity contribution in [2.75, 3.05) is 6.61 Å². The first kappa shape index (κ1) is 11.4. The predicted molar refractivity (Wildman–Crippen MR) is 55.4 cm³/mol.